The zero-order valence-electron chi connectivity index (χ0n) is 12.1. The van der Waals surface area contributed by atoms with E-state index in [9.17, 15) is 14.9 Å². The van der Waals surface area contributed by atoms with E-state index in [-0.39, 0.29) is 11.5 Å². The Morgan fingerprint density at radius 1 is 1.09 bits per heavy atom. The van der Waals surface area contributed by atoms with Crippen LogP contribution in [0.4, 0.5) is 5.69 Å². The lowest BCUT2D eigenvalue weighted by atomic mass is 10.1. The summed E-state index contributed by atoms with van der Waals surface area (Å²) in [5, 5.41) is 10.7. The fraction of sp³-hybridized carbons (Fsp3) is 0.118. The minimum absolute atomic E-state index is 0.0149. The van der Waals surface area contributed by atoms with Gasteiger partial charge in [0.2, 0.25) is 0 Å². The van der Waals surface area contributed by atoms with Gasteiger partial charge in [-0.15, -0.1) is 0 Å². The number of nitro benzene ring substituents is 1. The first-order valence-electron chi connectivity index (χ1n) is 7.00. The molecule has 0 N–H and O–H groups in total. The van der Waals surface area contributed by atoms with Crippen molar-refractivity contribution in [2.75, 3.05) is 13.2 Å². The van der Waals surface area contributed by atoms with E-state index >= 15 is 0 Å². The van der Waals surface area contributed by atoms with Crippen LogP contribution in [0.3, 0.4) is 0 Å². The maximum atomic E-state index is 12.2. The van der Waals surface area contributed by atoms with Gasteiger partial charge >= 0.3 is 0 Å². The highest BCUT2D eigenvalue weighted by molar-refractivity contribution is 6.07. The van der Waals surface area contributed by atoms with Gasteiger partial charge in [-0.2, -0.15) is 0 Å². The van der Waals surface area contributed by atoms with Crippen molar-refractivity contribution in [2.45, 2.75) is 0 Å². The van der Waals surface area contributed by atoms with Crippen LogP contribution in [0.15, 0.2) is 48.5 Å². The van der Waals surface area contributed by atoms with Crippen molar-refractivity contribution >= 4 is 17.5 Å². The van der Waals surface area contributed by atoms with E-state index in [1.54, 1.807) is 36.4 Å². The SMILES string of the molecule is O=C(/C=C/c1cccc([N+](=O)[O-])c1)c1ccc2c(c1)OCCO2. The van der Waals surface area contributed by atoms with E-state index in [0.717, 1.165) is 0 Å². The number of nitrogens with zero attached hydrogens (tertiary/aromatic N) is 1. The highest BCUT2D eigenvalue weighted by atomic mass is 16.6. The molecule has 2 aromatic rings. The number of non-ortho nitro benzene ring substituents is 1. The lowest BCUT2D eigenvalue weighted by Gasteiger charge is -2.18. The fourth-order valence-electron chi connectivity index (χ4n) is 2.21. The molecular weight excluding hydrogens is 298 g/mol. The minimum atomic E-state index is -0.472. The lowest BCUT2D eigenvalue weighted by Crippen LogP contribution is -2.15. The third-order valence-electron chi connectivity index (χ3n) is 3.33. The molecule has 6 heteroatoms. The Labute approximate surface area is 132 Å². The fourth-order valence-corrected chi connectivity index (χ4v) is 2.21. The Bertz CT molecular complexity index is 797. The molecule has 0 bridgehead atoms. The van der Waals surface area contributed by atoms with Gasteiger partial charge in [0, 0.05) is 17.7 Å². The summed E-state index contributed by atoms with van der Waals surface area (Å²) >= 11 is 0. The van der Waals surface area contributed by atoms with Crippen LogP contribution in [-0.4, -0.2) is 23.9 Å². The molecule has 3 rings (SSSR count). The summed E-state index contributed by atoms with van der Waals surface area (Å²) in [5.41, 5.74) is 1.04. The van der Waals surface area contributed by atoms with Crippen LogP contribution in [0.1, 0.15) is 15.9 Å². The summed E-state index contributed by atoms with van der Waals surface area (Å²) in [6, 6.07) is 11.1. The molecule has 0 radical (unpaired) electrons. The highest BCUT2D eigenvalue weighted by Crippen LogP contribution is 2.31. The van der Waals surface area contributed by atoms with E-state index in [1.165, 1.54) is 18.2 Å². The summed E-state index contributed by atoms with van der Waals surface area (Å²) in [5.74, 6) is 0.954. The molecule has 0 aromatic heterocycles. The van der Waals surface area contributed by atoms with Crippen molar-refractivity contribution in [3.8, 4) is 11.5 Å². The molecule has 0 unspecified atom stereocenters. The third-order valence-corrected chi connectivity index (χ3v) is 3.33. The number of hydrogen-bond donors (Lipinski definition) is 0. The van der Waals surface area contributed by atoms with Crippen LogP contribution >= 0.6 is 0 Å². The van der Waals surface area contributed by atoms with E-state index in [1.807, 2.05) is 0 Å². The van der Waals surface area contributed by atoms with Crippen molar-refractivity contribution in [1.82, 2.24) is 0 Å². The monoisotopic (exact) mass is 311 g/mol. The topological polar surface area (TPSA) is 78.7 Å². The van der Waals surface area contributed by atoms with Crippen molar-refractivity contribution in [3.63, 3.8) is 0 Å². The predicted octanol–water partition coefficient (Wildman–Crippen LogP) is 3.26. The Kier molecular flexibility index (Phi) is 4.05. The molecule has 0 spiro atoms. The normalized spacial score (nSPS) is 13.0. The van der Waals surface area contributed by atoms with Crippen molar-refractivity contribution < 1.29 is 19.2 Å². The van der Waals surface area contributed by atoms with Crippen molar-refractivity contribution in [1.29, 1.82) is 0 Å². The molecule has 1 heterocycles. The van der Waals surface area contributed by atoms with Crippen LogP contribution in [0, 0.1) is 10.1 Å². The van der Waals surface area contributed by atoms with Crippen LogP contribution in [0.25, 0.3) is 6.08 Å². The first kappa shape index (κ1) is 14.8. The quantitative estimate of drug-likeness (QED) is 0.375. The number of allylic oxidation sites excluding steroid dienone is 1. The maximum Gasteiger partial charge on any atom is 0.270 e. The molecule has 0 saturated carbocycles. The van der Waals surface area contributed by atoms with Gasteiger partial charge in [-0.05, 0) is 29.8 Å². The molecule has 0 aliphatic carbocycles. The molecule has 6 nitrogen and oxygen atoms in total. The summed E-state index contributed by atoms with van der Waals surface area (Å²) in [7, 11) is 0. The summed E-state index contributed by atoms with van der Waals surface area (Å²) in [6.45, 7) is 0.946. The number of carbonyl (C=O) groups is 1. The number of ether oxygens (including phenoxy) is 2. The largest absolute Gasteiger partial charge is 0.486 e. The van der Waals surface area contributed by atoms with Gasteiger partial charge in [0.25, 0.3) is 5.69 Å². The number of benzene rings is 2. The van der Waals surface area contributed by atoms with Crippen LogP contribution in [0.2, 0.25) is 0 Å². The zero-order valence-corrected chi connectivity index (χ0v) is 12.1. The maximum absolute atomic E-state index is 12.2. The molecule has 0 saturated heterocycles. The number of rotatable bonds is 4. The molecule has 23 heavy (non-hydrogen) atoms. The Hall–Kier alpha value is -3.15. The van der Waals surface area contributed by atoms with E-state index in [0.29, 0.717) is 35.8 Å². The molecule has 1 aliphatic rings. The second kappa shape index (κ2) is 6.31. The van der Waals surface area contributed by atoms with Gasteiger partial charge in [-0.1, -0.05) is 18.2 Å². The van der Waals surface area contributed by atoms with Gasteiger partial charge in [0.05, 0.1) is 4.92 Å². The molecule has 0 fully saturated rings. The highest BCUT2D eigenvalue weighted by Gasteiger charge is 2.13. The second-order valence-electron chi connectivity index (χ2n) is 4.91. The molecule has 1 aliphatic heterocycles. The molecular formula is C17H13NO5. The molecule has 0 atom stereocenters. The number of ketones is 1. The first-order chi connectivity index (χ1) is 11.1. The summed E-state index contributed by atoms with van der Waals surface area (Å²) < 4.78 is 10.8. The molecule has 116 valence electrons. The Morgan fingerprint density at radius 2 is 1.87 bits per heavy atom. The van der Waals surface area contributed by atoms with Gasteiger partial charge < -0.3 is 9.47 Å². The average Bonchev–Trinajstić information content (AvgIpc) is 2.59. The average molecular weight is 311 g/mol. The van der Waals surface area contributed by atoms with Gasteiger partial charge in [-0.25, -0.2) is 0 Å². The lowest BCUT2D eigenvalue weighted by molar-refractivity contribution is -0.384. The smallest absolute Gasteiger partial charge is 0.270 e. The second-order valence-corrected chi connectivity index (χ2v) is 4.91. The Morgan fingerprint density at radius 3 is 2.65 bits per heavy atom. The van der Waals surface area contributed by atoms with Gasteiger partial charge in [-0.3, -0.25) is 14.9 Å². The summed E-state index contributed by atoms with van der Waals surface area (Å²) in [4.78, 5) is 22.5. The van der Waals surface area contributed by atoms with Gasteiger partial charge in [0.15, 0.2) is 17.3 Å². The van der Waals surface area contributed by atoms with Crippen LogP contribution in [-0.2, 0) is 0 Å². The van der Waals surface area contributed by atoms with Crippen LogP contribution < -0.4 is 9.47 Å². The van der Waals surface area contributed by atoms with Gasteiger partial charge in [0.1, 0.15) is 13.2 Å². The zero-order chi connectivity index (χ0) is 16.2. The first-order valence-corrected chi connectivity index (χ1v) is 7.00. The third kappa shape index (κ3) is 3.37. The minimum Gasteiger partial charge on any atom is -0.486 e. The standard InChI is InChI=1S/C17H13NO5/c19-15(6-4-12-2-1-3-14(10-12)18(20)21)13-5-7-16-17(11-13)23-9-8-22-16/h1-7,10-11H,8-9H2/b6-4+. The Balaban J connectivity index is 1.78. The van der Waals surface area contributed by atoms with E-state index < -0.39 is 4.92 Å². The van der Waals surface area contributed by atoms with Crippen molar-refractivity contribution in [2.24, 2.45) is 0 Å². The summed E-state index contributed by atoms with van der Waals surface area (Å²) in [6.07, 6.45) is 2.93. The number of fused-ring (bicyclic) bond motifs is 1. The number of hydrogen-bond acceptors (Lipinski definition) is 5. The predicted molar refractivity (Wildman–Crippen MR) is 83.9 cm³/mol. The van der Waals surface area contributed by atoms with Crippen LogP contribution in [0.5, 0.6) is 11.5 Å². The van der Waals surface area contributed by atoms with E-state index in [2.05, 4.69) is 0 Å². The molecule has 2 aromatic carbocycles. The number of carbonyl (C=O) groups excluding carboxylic acids is 1. The van der Waals surface area contributed by atoms with Crippen molar-refractivity contribution in [3.05, 3.63) is 69.8 Å². The molecule has 0 amide bonds. The van der Waals surface area contributed by atoms with E-state index in [4.69, 9.17) is 9.47 Å². The number of nitro groups is 1.